The summed E-state index contributed by atoms with van der Waals surface area (Å²) in [6.07, 6.45) is 3.92. The molecule has 3 aliphatic heterocycles. The predicted molar refractivity (Wildman–Crippen MR) is 145 cm³/mol. The van der Waals surface area contributed by atoms with Gasteiger partial charge in [-0.1, -0.05) is 56.0 Å². The smallest absolute Gasteiger partial charge is 0.311 e. The Kier molecular flexibility index (Phi) is 7.64. The number of ether oxygens (including phenoxy) is 1. The minimum Gasteiger partial charge on any atom is -0.461 e. The number of aliphatic hydroxyl groups excluding tert-OH is 1. The van der Waals surface area contributed by atoms with Gasteiger partial charge in [-0.05, 0) is 38.7 Å². The zero-order chi connectivity index (χ0) is 27.1. The van der Waals surface area contributed by atoms with Crippen LogP contribution in [-0.4, -0.2) is 74.0 Å². The highest BCUT2D eigenvalue weighted by atomic mass is 32.2. The molecule has 1 aromatic carbocycles. The van der Waals surface area contributed by atoms with Gasteiger partial charge in [0.05, 0.1) is 29.2 Å². The third-order valence-electron chi connectivity index (χ3n) is 8.11. The molecule has 3 aliphatic rings. The van der Waals surface area contributed by atoms with Crippen LogP contribution in [0.5, 0.6) is 0 Å². The molecular weight excluding hydrogens is 488 g/mol. The quantitative estimate of drug-likeness (QED) is 0.391. The molecule has 0 saturated carbocycles. The van der Waals surface area contributed by atoms with Crippen molar-refractivity contribution in [2.24, 2.45) is 17.8 Å². The predicted octanol–water partition coefficient (Wildman–Crippen LogP) is 3.60. The van der Waals surface area contributed by atoms with Gasteiger partial charge in [0, 0.05) is 17.3 Å². The summed E-state index contributed by atoms with van der Waals surface area (Å²) in [5.41, 5.74) is 0.222. The first-order chi connectivity index (χ1) is 17.5. The van der Waals surface area contributed by atoms with Crippen molar-refractivity contribution in [3.8, 4) is 0 Å². The van der Waals surface area contributed by atoms with Gasteiger partial charge in [0.15, 0.2) is 0 Å². The van der Waals surface area contributed by atoms with E-state index >= 15 is 0 Å². The largest absolute Gasteiger partial charge is 0.461 e. The van der Waals surface area contributed by atoms with E-state index in [0.29, 0.717) is 13.0 Å². The van der Waals surface area contributed by atoms with Crippen LogP contribution in [0.4, 0.5) is 0 Å². The number of aliphatic hydroxyl groups is 1. The Morgan fingerprint density at radius 3 is 2.51 bits per heavy atom. The normalized spacial score (nSPS) is 31.1. The van der Waals surface area contributed by atoms with Gasteiger partial charge in [-0.3, -0.25) is 14.4 Å². The number of hydrogen-bond donors (Lipinski definition) is 1. The molecule has 0 aromatic heterocycles. The van der Waals surface area contributed by atoms with Crippen LogP contribution < -0.4 is 0 Å². The van der Waals surface area contributed by atoms with Gasteiger partial charge in [-0.15, -0.1) is 18.3 Å². The first-order valence-electron chi connectivity index (χ1n) is 12.9. The van der Waals surface area contributed by atoms with E-state index < -0.39 is 40.2 Å². The number of fused-ring (bicyclic) bond motifs is 1. The molecule has 7 nitrogen and oxygen atoms in total. The van der Waals surface area contributed by atoms with Crippen LogP contribution in [0.25, 0.3) is 0 Å². The Morgan fingerprint density at radius 1 is 1.27 bits per heavy atom. The minimum atomic E-state index is -0.844. The van der Waals surface area contributed by atoms with E-state index in [4.69, 9.17) is 4.74 Å². The fourth-order valence-corrected chi connectivity index (χ4v) is 8.97. The highest BCUT2D eigenvalue weighted by molar-refractivity contribution is 8.02. The van der Waals surface area contributed by atoms with Gasteiger partial charge in [0.1, 0.15) is 12.6 Å². The third kappa shape index (κ3) is 4.32. The highest BCUT2D eigenvalue weighted by Crippen LogP contribution is 2.69. The zero-order valence-electron chi connectivity index (χ0n) is 22.1. The van der Waals surface area contributed by atoms with Gasteiger partial charge in [-0.2, -0.15) is 0 Å². The topological polar surface area (TPSA) is 87.2 Å². The van der Waals surface area contributed by atoms with Gasteiger partial charge in [0.2, 0.25) is 11.8 Å². The number of thioether (sulfide) groups is 1. The SMILES string of the molecule is C=CCOC(=O)[C@@H]1[C@@H]2CC(C)C3(S2)C(C(=O)N(CC=C)C(C)(C)C)N([C@H](CO)c2ccccc2)C(=O)[C@H]13. The molecule has 0 radical (unpaired) electrons. The van der Waals surface area contributed by atoms with Crippen LogP contribution in [0.15, 0.2) is 55.6 Å². The maximum atomic E-state index is 14.6. The summed E-state index contributed by atoms with van der Waals surface area (Å²) in [6, 6.07) is 7.73. The molecule has 2 bridgehead atoms. The number of benzene rings is 1. The number of carbonyl (C=O) groups is 3. The Bertz CT molecular complexity index is 1070. The summed E-state index contributed by atoms with van der Waals surface area (Å²) < 4.78 is 4.66. The fraction of sp³-hybridized carbons (Fsp3) is 0.552. The second-order valence-electron chi connectivity index (χ2n) is 11.2. The molecule has 0 aliphatic carbocycles. The van der Waals surface area contributed by atoms with E-state index in [-0.39, 0.29) is 36.2 Å². The van der Waals surface area contributed by atoms with E-state index in [9.17, 15) is 19.5 Å². The highest BCUT2D eigenvalue weighted by Gasteiger charge is 2.77. The fourth-order valence-electron chi connectivity index (χ4n) is 6.58. The van der Waals surface area contributed by atoms with Crippen LogP contribution >= 0.6 is 11.8 Å². The third-order valence-corrected chi connectivity index (χ3v) is 10.2. The lowest BCUT2D eigenvalue weighted by Gasteiger charge is -2.45. The van der Waals surface area contributed by atoms with Crippen molar-refractivity contribution in [3.05, 3.63) is 61.2 Å². The molecular formula is C29H38N2O5S. The van der Waals surface area contributed by atoms with Crippen molar-refractivity contribution >= 4 is 29.5 Å². The first kappa shape index (κ1) is 27.5. The Balaban J connectivity index is 1.88. The summed E-state index contributed by atoms with van der Waals surface area (Å²) in [4.78, 5) is 45.6. The summed E-state index contributed by atoms with van der Waals surface area (Å²) >= 11 is 1.60. The number of likely N-dealkylation sites (tertiary alicyclic amines) is 1. The number of carbonyl (C=O) groups excluding carboxylic acids is 3. The standard InChI is InChI=1S/C29H38N2O5S/c1-7-14-30(28(4,5)6)26(34)24-29-18(3)16-21(37-29)22(27(35)36-15-8-2)23(29)25(33)31(24)20(17-32)19-12-10-9-11-13-19/h7-13,18,20-24,32H,1-2,14-17H2,3-6H3/t18?,20-,21+,22-,23+,24?,29?/m1/s1. The van der Waals surface area contributed by atoms with E-state index in [1.54, 1.807) is 27.6 Å². The molecule has 8 heteroatoms. The monoisotopic (exact) mass is 526 g/mol. The minimum absolute atomic E-state index is 0.0134. The van der Waals surface area contributed by atoms with Gasteiger partial charge >= 0.3 is 5.97 Å². The summed E-state index contributed by atoms with van der Waals surface area (Å²) in [5.74, 6) is -2.21. The molecule has 200 valence electrons. The van der Waals surface area contributed by atoms with Crippen LogP contribution in [0.1, 0.15) is 45.7 Å². The van der Waals surface area contributed by atoms with Crippen molar-refractivity contribution in [1.82, 2.24) is 9.80 Å². The lowest BCUT2D eigenvalue weighted by atomic mass is 9.66. The Hall–Kier alpha value is -2.58. The number of nitrogens with zero attached hydrogens (tertiary/aromatic N) is 2. The molecule has 4 rings (SSSR count). The summed E-state index contributed by atoms with van der Waals surface area (Å²) in [6.45, 7) is 15.5. The van der Waals surface area contributed by atoms with E-state index in [2.05, 4.69) is 20.1 Å². The van der Waals surface area contributed by atoms with Crippen LogP contribution in [0.2, 0.25) is 0 Å². The zero-order valence-corrected chi connectivity index (χ0v) is 22.9. The molecule has 3 unspecified atom stereocenters. The second kappa shape index (κ2) is 10.3. The molecule has 37 heavy (non-hydrogen) atoms. The Morgan fingerprint density at radius 2 is 1.95 bits per heavy atom. The van der Waals surface area contributed by atoms with Crippen molar-refractivity contribution in [1.29, 1.82) is 0 Å². The van der Waals surface area contributed by atoms with Crippen LogP contribution in [0.3, 0.4) is 0 Å². The Labute approximate surface area is 223 Å². The molecule has 7 atom stereocenters. The van der Waals surface area contributed by atoms with Gasteiger partial charge < -0.3 is 19.6 Å². The van der Waals surface area contributed by atoms with Crippen molar-refractivity contribution in [2.45, 2.75) is 61.7 Å². The van der Waals surface area contributed by atoms with Gasteiger partial charge in [0.25, 0.3) is 0 Å². The van der Waals surface area contributed by atoms with Crippen molar-refractivity contribution in [2.75, 3.05) is 19.8 Å². The molecule has 1 N–H and O–H groups in total. The molecule has 2 amide bonds. The lowest BCUT2D eigenvalue weighted by Crippen LogP contribution is -2.60. The average Bonchev–Trinajstić information content (AvgIpc) is 3.45. The number of amides is 2. The van der Waals surface area contributed by atoms with Crippen molar-refractivity contribution < 1.29 is 24.2 Å². The van der Waals surface area contributed by atoms with E-state index in [1.807, 2.05) is 51.1 Å². The lowest BCUT2D eigenvalue weighted by molar-refractivity contribution is -0.154. The first-order valence-corrected chi connectivity index (χ1v) is 13.8. The molecule has 3 fully saturated rings. The summed E-state index contributed by atoms with van der Waals surface area (Å²) in [7, 11) is 0. The molecule has 3 saturated heterocycles. The average molecular weight is 527 g/mol. The molecule has 3 heterocycles. The second-order valence-corrected chi connectivity index (χ2v) is 12.8. The van der Waals surface area contributed by atoms with Gasteiger partial charge in [-0.25, -0.2) is 0 Å². The van der Waals surface area contributed by atoms with Crippen molar-refractivity contribution in [3.63, 3.8) is 0 Å². The maximum absolute atomic E-state index is 14.6. The van der Waals surface area contributed by atoms with Crippen LogP contribution in [-0.2, 0) is 19.1 Å². The van der Waals surface area contributed by atoms with E-state index in [1.165, 1.54) is 6.08 Å². The molecule has 1 aromatic rings. The van der Waals surface area contributed by atoms with Crippen LogP contribution in [0, 0.1) is 17.8 Å². The van der Waals surface area contributed by atoms with E-state index in [0.717, 1.165) is 5.56 Å². The summed E-state index contributed by atoms with van der Waals surface area (Å²) in [5, 5.41) is 10.5. The number of esters is 1. The number of rotatable bonds is 9. The number of hydrogen-bond acceptors (Lipinski definition) is 6. The molecule has 1 spiro atoms. The maximum Gasteiger partial charge on any atom is 0.311 e.